The molecule has 0 atom stereocenters. The minimum absolute atomic E-state index is 0.0185. The fourth-order valence-electron chi connectivity index (χ4n) is 5.74. The normalized spacial score (nSPS) is 19.0. The summed E-state index contributed by atoms with van der Waals surface area (Å²) in [7, 11) is 0. The molecule has 2 amide bonds. The average molecular weight is 476 g/mol. The standard InChI is InChI=1S/C30H41N3O2/c1-2-28(34)33(27-17-11-6-12-18-27)30(29(35)31-26-15-9-3-4-10-16-26)20-23-32(24-21-30)22-19-25-13-7-5-8-14-25/h5-8,11-14,17-18,26H,2-4,9-10,15-16,19-24H2,1H3,(H,31,35). The van der Waals surface area contributed by atoms with E-state index in [1.54, 1.807) is 0 Å². The molecule has 1 saturated carbocycles. The van der Waals surface area contributed by atoms with E-state index in [4.69, 9.17) is 0 Å². The van der Waals surface area contributed by atoms with Gasteiger partial charge in [0.2, 0.25) is 11.8 Å². The molecule has 0 unspecified atom stereocenters. The van der Waals surface area contributed by atoms with Gasteiger partial charge in [0.25, 0.3) is 0 Å². The highest BCUT2D eigenvalue weighted by Gasteiger charge is 2.49. The van der Waals surface area contributed by atoms with E-state index in [1.807, 2.05) is 42.2 Å². The molecule has 2 aliphatic rings. The zero-order valence-electron chi connectivity index (χ0n) is 21.3. The molecule has 0 radical (unpaired) electrons. The van der Waals surface area contributed by atoms with Crippen molar-refractivity contribution in [3.8, 4) is 0 Å². The van der Waals surface area contributed by atoms with E-state index in [0.29, 0.717) is 19.3 Å². The van der Waals surface area contributed by atoms with Gasteiger partial charge >= 0.3 is 0 Å². The largest absolute Gasteiger partial charge is 0.351 e. The third kappa shape index (κ3) is 6.32. The number of nitrogens with one attached hydrogen (secondary N) is 1. The molecule has 2 aromatic rings. The van der Waals surface area contributed by atoms with E-state index in [9.17, 15) is 9.59 Å². The lowest BCUT2D eigenvalue weighted by Gasteiger charge is -2.48. The molecule has 35 heavy (non-hydrogen) atoms. The molecule has 0 spiro atoms. The average Bonchev–Trinajstić information content (AvgIpc) is 3.18. The maximum Gasteiger partial charge on any atom is 0.246 e. The Bertz CT molecular complexity index is 931. The van der Waals surface area contributed by atoms with Crippen molar-refractivity contribution in [3.63, 3.8) is 0 Å². The van der Waals surface area contributed by atoms with Gasteiger partial charge in [-0.05, 0) is 49.8 Å². The summed E-state index contributed by atoms with van der Waals surface area (Å²) in [5.74, 6) is 0.0581. The van der Waals surface area contributed by atoms with E-state index < -0.39 is 5.54 Å². The zero-order chi connectivity index (χ0) is 24.5. The Hall–Kier alpha value is -2.66. The Morgan fingerprint density at radius 3 is 2.11 bits per heavy atom. The quantitative estimate of drug-likeness (QED) is 0.524. The SMILES string of the molecule is CCC(=O)N(c1ccccc1)C1(C(=O)NC2CCCCCC2)CCN(CCc2ccccc2)CC1. The molecule has 5 heteroatoms. The molecular weight excluding hydrogens is 434 g/mol. The van der Waals surface area contributed by atoms with Crippen LogP contribution in [0.4, 0.5) is 5.69 Å². The van der Waals surface area contributed by atoms with Crippen molar-refractivity contribution in [1.29, 1.82) is 0 Å². The van der Waals surface area contributed by atoms with Crippen LogP contribution in [-0.4, -0.2) is 47.9 Å². The second-order valence-electron chi connectivity index (χ2n) is 10.2. The molecule has 0 aromatic heterocycles. The summed E-state index contributed by atoms with van der Waals surface area (Å²) in [6, 6.07) is 20.6. The number of hydrogen-bond acceptors (Lipinski definition) is 3. The van der Waals surface area contributed by atoms with Crippen LogP contribution in [0.5, 0.6) is 0 Å². The van der Waals surface area contributed by atoms with Gasteiger partial charge in [-0.1, -0.05) is 81.1 Å². The molecule has 1 N–H and O–H groups in total. The zero-order valence-corrected chi connectivity index (χ0v) is 21.3. The van der Waals surface area contributed by atoms with Crippen molar-refractivity contribution in [1.82, 2.24) is 10.2 Å². The second-order valence-corrected chi connectivity index (χ2v) is 10.2. The molecule has 1 heterocycles. The van der Waals surface area contributed by atoms with Crippen LogP contribution in [0.25, 0.3) is 0 Å². The molecule has 5 nitrogen and oxygen atoms in total. The predicted octanol–water partition coefficient (Wildman–Crippen LogP) is 5.35. The van der Waals surface area contributed by atoms with E-state index in [1.165, 1.54) is 31.2 Å². The number of anilines is 1. The van der Waals surface area contributed by atoms with Crippen molar-refractivity contribution < 1.29 is 9.59 Å². The highest BCUT2D eigenvalue weighted by Crippen LogP contribution is 2.35. The Morgan fingerprint density at radius 2 is 1.51 bits per heavy atom. The highest BCUT2D eigenvalue weighted by molar-refractivity contribution is 6.03. The first-order valence-corrected chi connectivity index (χ1v) is 13.6. The van der Waals surface area contributed by atoms with Gasteiger partial charge in [-0.15, -0.1) is 0 Å². The summed E-state index contributed by atoms with van der Waals surface area (Å²) < 4.78 is 0. The molecule has 4 rings (SSSR count). The van der Waals surface area contributed by atoms with Crippen LogP contribution in [0.1, 0.15) is 70.3 Å². The molecule has 188 valence electrons. The van der Waals surface area contributed by atoms with Crippen molar-refractivity contribution >= 4 is 17.5 Å². The van der Waals surface area contributed by atoms with Crippen molar-refractivity contribution in [3.05, 3.63) is 66.2 Å². The molecule has 2 fully saturated rings. The minimum atomic E-state index is -0.843. The summed E-state index contributed by atoms with van der Waals surface area (Å²) >= 11 is 0. The fourth-order valence-corrected chi connectivity index (χ4v) is 5.74. The number of hydrogen-bond donors (Lipinski definition) is 1. The van der Waals surface area contributed by atoms with Crippen LogP contribution in [0.15, 0.2) is 60.7 Å². The van der Waals surface area contributed by atoms with Crippen LogP contribution in [0.3, 0.4) is 0 Å². The lowest BCUT2D eigenvalue weighted by atomic mass is 9.83. The van der Waals surface area contributed by atoms with Gasteiger partial charge in [-0.3, -0.25) is 14.5 Å². The summed E-state index contributed by atoms with van der Waals surface area (Å²) in [4.78, 5) is 31.8. The summed E-state index contributed by atoms with van der Waals surface area (Å²) in [6.07, 6.45) is 9.60. The number of carbonyl (C=O) groups excluding carboxylic acids is 2. The number of rotatable bonds is 8. The monoisotopic (exact) mass is 475 g/mol. The smallest absolute Gasteiger partial charge is 0.246 e. The second kappa shape index (κ2) is 12.3. The van der Waals surface area contributed by atoms with Crippen LogP contribution in [-0.2, 0) is 16.0 Å². The number of benzene rings is 2. The lowest BCUT2D eigenvalue weighted by Crippen LogP contribution is -2.66. The van der Waals surface area contributed by atoms with Gasteiger partial charge in [0.05, 0.1) is 0 Å². The number of piperidine rings is 1. The Labute approximate surface area is 210 Å². The first-order valence-electron chi connectivity index (χ1n) is 13.6. The Morgan fingerprint density at radius 1 is 0.914 bits per heavy atom. The van der Waals surface area contributed by atoms with Crippen LogP contribution in [0.2, 0.25) is 0 Å². The van der Waals surface area contributed by atoms with Gasteiger partial charge in [0.1, 0.15) is 5.54 Å². The number of likely N-dealkylation sites (tertiary alicyclic amines) is 1. The van der Waals surface area contributed by atoms with Crippen molar-refractivity contribution in [2.75, 3.05) is 24.5 Å². The van der Waals surface area contributed by atoms with Crippen LogP contribution < -0.4 is 10.2 Å². The first kappa shape index (κ1) is 25.4. The van der Waals surface area contributed by atoms with Gasteiger partial charge in [0.15, 0.2) is 0 Å². The number of amides is 2. The van der Waals surface area contributed by atoms with Crippen LogP contribution >= 0.6 is 0 Å². The first-order chi connectivity index (χ1) is 17.1. The van der Waals surface area contributed by atoms with E-state index in [2.05, 4.69) is 40.5 Å². The van der Waals surface area contributed by atoms with Gasteiger partial charge in [0, 0.05) is 37.8 Å². The Balaban J connectivity index is 1.55. The molecule has 2 aromatic carbocycles. The fraction of sp³-hybridized carbons (Fsp3) is 0.533. The third-order valence-electron chi connectivity index (χ3n) is 7.85. The summed E-state index contributed by atoms with van der Waals surface area (Å²) in [5.41, 5.74) is 1.32. The molecule has 1 saturated heterocycles. The third-order valence-corrected chi connectivity index (χ3v) is 7.85. The lowest BCUT2D eigenvalue weighted by molar-refractivity contribution is -0.133. The topological polar surface area (TPSA) is 52.7 Å². The van der Waals surface area contributed by atoms with Crippen LogP contribution in [0, 0.1) is 0 Å². The van der Waals surface area contributed by atoms with Crippen molar-refractivity contribution in [2.24, 2.45) is 0 Å². The maximum atomic E-state index is 14.1. The van der Waals surface area contributed by atoms with Gasteiger partial charge in [-0.25, -0.2) is 0 Å². The van der Waals surface area contributed by atoms with Gasteiger partial charge < -0.3 is 10.2 Å². The minimum Gasteiger partial charge on any atom is -0.351 e. The highest BCUT2D eigenvalue weighted by atomic mass is 16.2. The van der Waals surface area contributed by atoms with E-state index >= 15 is 0 Å². The maximum absolute atomic E-state index is 14.1. The van der Waals surface area contributed by atoms with E-state index in [-0.39, 0.29) is 17.9 Å². The molecular formula is C30H41N3O2. The number of nitrogens with zero attached hydrogens (tertiary/aromatic N) is 2. The molecule has 1 aliphatic carbocycles. The number of para-hydroxylation sites is 1. The molecule has 0 bridgehead atoms. The van der Waals surface area contributed by atoms with Gasteiger partial charge in [-0.2, -0.15) is 0 Å². The predicted molar refractivity (Wildman–Crippen MR) is 142 cm³/mol. The summed E-state index contributed by atoms with van der Waals surface area (Å²) in [6.45, 7) is 4.48. The molecule has 1 aliphatic heterocycles. The number of carbonyl (C=O) groups is 2. The summed E-state index contributed by atoms with van der Waals surface area (Å²) in [5, 5.41) is 3.42. The Kier molecular flexibility index (Phi) is 8.97. The van der Waals surface area contributed by atoms with Crippen molar-refractivity contribution in [2.45, 2.75) is 82.7 Å². The van der Waals surface area contributed by atoms with E-state index in [0.717, 1.165) is 44.6 Å².